The van der Waals surface area contributed by atoms with E-state index in [0.29, 0.717) is 5.69 Å². The van der Waals surface area contributed by atoms with Crippen LogP contribution in [0.4, 0.5) is 10.1 Å². The van der Waals surface area contributed by atoms with E-state index in [0.717, 1.165) is 19.5 Å². The van der Waals surface area contributed by atoms with Gasteiger partial charge in [-0.2, -0.15) is 0 Å². The Bertz CT molecular complexity index is 440. The van der Waals surface area contributed by atoms with E-state index in [1.165, 1.54) is 13.0 Å². The van der Waals surface area contributed by atoms with Crippen LogP contribution in [0, 0.1) is 5.82 Å². The first-order valence-corrected chi connectivity index (χ1v) is 5.39. The molecule has 16 heavy (non-hydrogen) atoms. The third-order valence-electron chi connectivity index (χ3n) is 2.74. The highest BCUT2D eigenvalue weighted by Gasteiger charge is 2.17. The molecule has 1 aromatic rings. The SMILES string of the molecule is CC(=O)c1c(F)cccc1N1CC=CCC1. The van der Waals surface area contributed by atoms with Gasteiger partial charge in [-0.05, 0) is 25.5 Å². The highest BCUT2D eigenvalue weighted by atomic mass is 19.1. The number of Topliss-reactive ketones (excluding diaryl/α,β-unsaturated/α-hetero) is 1. The second-order valence-electron chi connectivity index (χ2n) is 3.90. The lowest BCUT2D eigenvalue weighted by atomic mass is 10.1. The summed E-state index contributed by atoms with van der Waals surface area (Å²) < 4.78 is 13.6. The van der Waals surface area contributed by atoms with Gasteiger partial charge in [0, 0.05) is 13.1 Å². The molecular weight excluding hydrogens is 205 g/mol. The van der Waals surface area contributed by atoms with Crippen molar-refractivity contribution in [3.63, 3.8) is 0 Å². The summed E-state index contributed by atoms with van der Waals surface area (Å²) in [7, 11) is 0. The van der Waals surface area contributed by atoms with Gasteiger partial charge in [-0.25, -0.2) is 4.39 Å². The lowest BCUT2D eigenvalue weighted by molar-refractivity contribution is 0.101. The standard InChI is InChI=1S/C13H14FNO/c1-10(16)13-11(14)6-5-7-12(13)15-8-3-2-4-9-15/h2-3,5-7H,4,8-9H2,1H3. The maximum Gasteiger partial charge on any atom is 0.164 e. The largest absolute Gasteiger partial charge is 0.367 e. The van der Waals surface area contributed by atoms with Crippen LogP contribution in [0.5, 0.6) is 0 Å². The van der Waals surface area contributed by atoms with Crippen LogP contribution in [0.15, 0.2) is 30.4 Å². The Morgan fingerprint density at radius 2 is 2.19 bits per heavy atom. The normalized spacial score (nSPS) is 15.2. The topological polar surface area (TPSA) is 20.3 Å². The Morgan fingerprint density at radius 1 is 1.38 bits per heavy atom. The van der Waals surface area contributed by atoms with Crippen LogP contribution >= 0.6 is 0 Å². The molecule has 0 bridgehead atoms. The van der Waals surface area contributed by atoms with Gasteiger partial charge in [0.1, 0.15) is 5.82 Å². The van der Waals surface area contributed by atoms with Crippen molar-refractivity contribution in [3.05, 3.63) is 41.7 Å². The fraction of sp³-hybridized carbons (Fsp3) is 0.308. The van der Waals surface area contributed by atoms with Gasteiger partial charge >= 0.3 is 0 Å². The van der Waals surface area contributed by atoms with Crippen molar-refractivity contribution in [3.8, 4) is 0 Å². The van der Waals surface area contributed by atoms with Gasteiger partial charge in [-0.3, -0.25) is 4.79 Å². The predicted octanol–water partition coefficient (Wildman–Crippen LogP) is 2.79. The molecule has 0 atom stereocenters. The summed E-state index contributed by atoms with van der Waals surface area (Å²) in [5.41, 5.74) is 0.912. The molecule has 2 nitrogen and oxygen atoms in total. The molecule has 0 aliphatic carbocycles. The van der Waals surface area contributed by atoms with E-state index < -0.39 is 5.82 Å². The van der Waals surface area contributed by atoms with E-state index in [1.807, 2.05) is 11.0 Å². The summed E-state index contributed by atoms with van der Waals surface area (Å²) in [6, 6.07) is 4.79. The maximum absolute atomic E-state index is 13.6. The summed E-state index contributed by atoms with van der Waals surface area (Å²) in [5, 5.41) is 0. The summed E-state index contributed by atoms with van der Waals surface area (Å²) in [6.45, 7) is 2.98. The zero-order valence-corrected chi connectivity index (χ0v) is 9.24. The summed E-state index contributed by atoms with van der Waals surface area (Å²) in [6.07, 6.45) is 5.08. The molecule has 0 aromatic heterocycles. The first-order valence-electron chi connectivity index (χ1n) is 5.39. The summed E-state index contributed by atoms with van der Waals surface area (Å²) in [4.78, 5) is 13.5. The van der Waals surface area contributed by atoms with Crippen LogP contribution in [0.25, 0.3) is 0 Å². The van der Waals surface area contributed by atoms with Gasteiger partial charge in [-0.1, -0.05) is 18.2 Å². The van der Waals surface area contributed by atoms with Crippen molar-refractivity contribution >= 4 is 11.5 Å². The summed E-state index contributed by atoms with van der Waals surface area (Å²) in [5.74, 6) is -0.651. The molecule has 0 unspecified atom stereocenters. The average Bonchev–Trinajstić information content (AvgIpc) is 2.29. The van der Waals surface area contributed by atoms with Gasteiger partial charge in [0.15, 0.2) is 5.78 Å². The van der Waals surface area contributed by atoms with Gasteiger partial charge in [0.25, 0.3) is 0 Å². The Hall–Kier alpha value is -1.64. The predicted molar refractivity (Wildman–Crippen MR) is 62.4 cm³/mol. The third kappa shape index (κ3) is 1.98. The monoisotopic (exact) mass is 219 g/mol. The van der Waals surface area contributed by atoms with Crippen molar-refractivity contribution in [2.75, 3.05) is 18.0 Å². The fourth-order valence-electron chi connectivity index (χ4n) is 1.98. The summed E-state index contributed by atoms with van der Waals surface area (Å²) >= 11 is 0. The van der Waals surface area contributed by atoms with E-state index in [-0.39, 0.29) is 11.3 Å². The van der Waals surface area contributed by atoms with Gasteiger partial charge in [-0.15, -0.1) is 0 Å². The second kappa shape index (κ2) is 4.47. The number of nitrogens with zero attached hydrogens (tertiary/aromatic N) is 1. The van der Waals surface area contributed by atoms with Crippen LogP contribution in [0.2, 0.25) is 0 Å². The van der Waals surface area contributed by atoms with Gasteiger partial charge in [0.2, 0.25) is 0 Å². The van der Waals surface area contributed by atoms with E-state index in [9.17, 15) is 9.18 Å². The third-order valence-corrected chi connectivity index (χ3v) is 2.74. The van der Waals surface area contributed by atoms with Crippen molar-refractivity contribution in [1.29, 1.82) is 0 Å². The van der Waals surface area contributed by atoms with Crippen molar-refractivity contribution in [1.82, 2.24) is 0 Å². The molecular formula is C13H14FNO. The molecule has 1 aromatic carbocycles. The zero-order chi connectivity index (χ0) is 11.5. The highest BCUT2D eigenvalue weighted by molar-refractivity contribution is 6.00. The molecule has 0 fully saturated rings. The molecule has 1 aliphatic heterocycles. The van der Waals surface area contributed by atoms with Crippen LogP contribution in [-0.2, 0) is 0 Å². The number of carbonyl (C=O) groups excluding carboxylic acids is 1. The minimum absolute atomic E-state index is 0.206. The number of rotatable bonds is 2. The van der Waals surface area contributed by atoms with Gasteiger partial charge < -0.3 is 4.90 Å². The molecule has 0 amide bonds. The van der Waals surface area contributed by atoms with Crippen molar-refractivity contribution in [2.45, 2.75) is 13.3 Å². The number of carbonyl (C=O) groups is 1. The molecule has 1 heterocycles. The van der Waals surface area contributed by atoms with Crippen LogP contribution < -0.4 is 4.90 Å². The quantitative estimate of drug-likeness (QED) is 0.563. The lowest BCUT2D eigenvalue weighted by Crippen LogP contribution is -2.28. The number of benzene rings is 1. The Labute approximate surface area is 94.4 Å². The van der Waals surface area contributed by atoms with E-state index >= 15 is 0 Å². The Kier molecular flexibility index (Phi) is 3.04. The molecule has 3 heteroatoms. The number of hydrogen-bond donors (Lipinski definition) is 0. The van der Waals surface area contributed by atoms with Crippen LogP contribution in [0.3, 0.4) is 0 Å². The van der Waals surface area contributed by atoms with E-state index in [4.69, 9.17) is 0 Å². The molecule has 0 saturated carbocycles. The van der Waals surface area contributed by atoms with Crippen LogP contribution in [0.1, 0.15) is 23.7 Å². The lowest BCUT2D eigenvalue weighted by Gasteiger charge is -2.27. The minimum atomic E-state index is -0.431. The first-order chi connectivity index (χ1) is 7.70. The smallest absolute Gasteiger partial charge is 0.164 e. The number of anilines is 1. The molecule has 0 radical (unpaired) electrons. The maximum atomic E-state index is 13.6. The molecule has 2 rings (SSSR count). The number of halogens is 1. The first kappa shape index (κ1) is 10.9. The minimum Gasteiger partial charge on any atom is -0.367 e. The average molecular weight is 219 g/mol. The molecule has 0 N–H and O–H groups in total. The molecule has 84 valence electrons. The molecule has 1 aliphatic rings. The van der Waals surface area contributed by atoms with Crippen molar-refractivity contribution in [2.24, 2.45) is 0 Å². The van der Waals surface area contributed by atoms with E-state index in [2.05, 4.69) is 6.08 Å². The van der Waals surface area contributed by atoms with Crippen LogP contribution in [-0.4, -0.2) is 18.9 Å². The van der Waals surface area contributed by atoms with Gasteiger partial charge in [0.05, 0.1) is 11.3 Å². The Balaban J connectivity index is 2.43. The van der Waals surface area contributed by atoms with Crippen molar-refractivity contribution < 1.29 is 9.18 Å². The fourth-order valence-corrected chi connectivity index (χ4v) is 1.98. The number of hydrogen-bond acceptors (Lipinski definition) is 2. The number of ketones is 1. The zero-order valence-electron chi connectivity index (χ0n) is 9.24. The highest BCUT2D eigenvalue weighted by Crippen LogP contribution is 2.25. The second-order valence-corrected chi connectivity index (χ2v) is 3.90. The van der Waals surface area contributed by atoms with E-state index in [1.54, 1.807) is 12.1 Å². The molecule has 0 spiro atoms. The Morgan fingerprint density at radius 3 is 2.81 bits per heavy atom. The molecule has 0 saturated heterocycles.